The number of carbonyl (C=O) groups is 2. The van der Waals surface area contributed by atoms with Crippen LogP contribution < -0.4 is 15.8 Å². The van der Waals surface area contributed by atoms with E-state index in [0.29, 0.717) is 24.4 Å². The Morgan fingerprint density at radius 1 is 1.23 bits per heavy atom. The molecule has 3 N–H and O–H groups in total. The number of urea groups is 1. The summed E-state index contributed by atoms with van der Waals surface area (Å²) in [7, 11) is 0. The molecule has 2 aromatic rings. The van der Waals surface area contributed by atoms with E-state index in [1.165, 1.54) is 0 Å². The van der Waals surface area contributed by atoms with Crippen molar-refractivity contribution in [3.63, 3.8) is 0 Å². The van der Waals surface area contributed by atoms with Gasteiger partial charge in [-0.25, -0.2) is 4.79 Å². The standard InChI is InChI=1S/C20H23N3O3/c1-2-26-17-10-8-14(9-11-17)18-7-4-12-23(18)20(25)22-16-6-3-5-15(13-16)19(21)24/h3,5-6,8-11,13,18H,2,4,7,12H2,1H3,(H2,21,24)(H,22,25). The van der Waals surface area contributed by atoms with Crippen molar-refractivity contribution in [3.05, 3.63) is 59.7 Å². The lowest BCUT2D eigenvalue weighted by molar-refractivity contribution is 0.1000. The van der Waals surface area contributed by atoms with Crippen molar-refractivity contribution in [3.8, 4) is 5.75 Å². The summed E-state index contributed by atoms with van der Waals surface area (Å²) in [5.41, 5.74) is 7.31. The first-order valence-electron chi connectivity index (χ1n) is 8.78. The Hall–Kier alpha value is -3.02. The minimum Gasteiger partial charge on any atom is -0.494 e. The monoisotopic (exact) mass is 353 g/mol. The van der Waals surface area contributed by atoms with Crippen molar-refractivity contribution in [2.75, 3.05) is 18.5 Å². The lowest BCUT2D eigenvalue weighted by Gasteiger charge is -2.25. The van der Waals surface area contributed by atoms with Gasteiger partial charge < -0.3 is 20.7 Å². The number of ether oxygens (including phenoxy) is 1. The molecule has 1 unspecified atom stereocenters. The minimum absolute atomic E-state index is 0.0324. The maximum atomic E-state index is 12.7. The Labute approximate surface area is 152 Å². The number of likely N-dealkylation sites (tertiary alicyclic amines) is 1. The summed E-state index contributed by atoms with van der Waals surface area (Å²) in [5, 5.41) is 2.87. The number of amides is 3. The molecule has 0 radical (unpaired) electrons. The second-order valence-corrected chi connectivity index (χ2v) is 6.23. The molecule has 3 amide bonds. The van der Waals surface area contributed by atoms with E-state index in [4.69, 9.17) is 10.5 Å². The van der Waals surface area contributed by atoms with E-state index in [1.54, 1.807) is 24.3 Å². The van der Waals surface area contributed by atoms with Gasteiger partial charge in [0.15, 0.2) is 0 Å². The van der Waals surface area contributed by atoms with Gasteiger partial charge in [0, 0.05) is 17.8 Å². The summed E-state index contributed by atoms with van der Waals surface area (Å²) in [5.74, 6) is 0.308. The van der Waals surface area contributed by atoms with Gasteiger partial charge in [0.2, 0.25) is 5.91 Å². The highest BCUT2D eigenvalue weighted by atomic mass is 16.5. The van der Waals surface area contributed by atoms with Crippen molar-refractivity contribution < 1.29 is 14.3 Å². The van der Waals surface area contributed by atoms with Gasteiger partial charge in [-0.15, -0.1) is 0 Å². The fraction of sp³-hybridized carbons (Fsp3) is 0.300. The molecule has 1 saturated heterocycles. The van der Waals surface area contributed by atoms with Gasteiger partial charge in [0.05, 0.1) is 12.6 Å². The molecule has 6 nitrogen and oxygen atoms in total. The number of nitrogens with zero attached hydrogens (tertiary/aromatic N) is 1. The zero-order valence-electron chi connectivity index (χ0n) is 14.8. The Kier molecular flexibility index (Phi) is 5.41. The molecule has 0 saturated carbocycles. The average Bonchev–Trinajstić information content (AvgIpc) is 3.13. The summed E-state index contributed by atoms with van der Waals surface area (Å²) in [6, 6.07) is 14.4. The van der Waals surface area contributed by atoms with Crippen LogP contribution >= 0.6 is 0 Å². The SMILES string of the molecule is CCOc1ccc(C2CCCN2C(=O)Nc2cccc(C(N)=O)c2)cc1. The summed E-state index contributed by atoms with van der Waals surface area (Å²) < 4.78 is 5.48. The number of carbonyl (C=O) groups excluding carboxylic acids is 2. The molecule has 0 aliphatic carbocycles. The highest BCUT2D eigenvalue weighted by Gasteiger charge is 2.30. The number of hydrogen-bond acceptors (Lipinski definition) is 3. The van der Waals surface area contributed by atoms with Crippen molar-refractivity contribution in [1.82, 2.24) is 4.90 Å². The largest absolute Gasteiger partial charge is 0.494 e. The van der Waals surface area contributed by atoms with Crippen molar-refractivity contribution in [2.45, 2.75) is 25.8 Å². The fourth-order valence-corrected chi connectivity index (χ4v) is 3.25. The first kappa shape index (κ1) is 17.8. The van der Waals surface area contributed by atoms with E-state index >= 15 is 0 Å². The Balaban J connectivity index is 1.72. The normalized spacial score (nSPS) is 16.3. The predicted molar refractivity (Wildman–Crippen MR) is 100 cm³/mol. The second kappa shape index (κ2) is 7.91. The number of nitrogens with two attached hydrogens (primary N) is 1. The summed E-state index contributed by atoms with van der Waals surface area (Å²) in [6.45, 7) is 3.27. The molecule has 2 aromatic carbocycles. The molecule has 1 aliphatic heterocycles. The molecule has 1 atom stereocenters. The lowest BCUT2D eigenvalue weighted by atomic mass is 10.0. The summed E-state index contributed by atoms with van der Waals surface area (Å²) in [6.07, 6.45) is 1.87. The van der Waals surface area contributed by atoms with Crippen molar-refractivity contribution >= 4 is 17.6 Å². The molecular weight excluding hydrogens is 330 g/mol. The highest BCUT2D eigenvalue weighted by molar-refractivity contribution is 5.96. The molecule has 0 bridgehead atoms. The van der Waals surface area contributed by atoms with Crippen LogP contribution in [0.15, 0.2) is 48.5 Å². The predicted octanol–water partition coefficient (Wildman–Crippen LogP) is 3.55. The minimum atomic E-state index is -0.519. The van der Waals surface area contributed by atoms with Crippen LogP contribution in [0.4, 0.5) is 10.5 Å². The first-order valence-corrected chi connectivity index (χ1v) is 8.78. The number of primary amides is 1. The van der Waals surface area contributed by atoms with Gasteiger partial charge >= 0.3 is 6.03 Å². The van der Waals surface area contributed by atoms with E-state index in [9.17, 15) is 9.59 Å². The van der Waals surface area contributed by atoms with Gasteiger partial charge in [-0.1, -0.05) is 18.2 Å². The molecule has 1 fully saturated rings. The maximum absolute atomic E-state index is 12.7. The van der Waals surface area contributed by atoms with Crippen molar-refractivity contribution in [2.24, 2.45) is 5.73 Å². The summed E-state index contributed by atoms with van der Waals surface area (Å²) in [4.78, 5) is 25.8. The summed E-state index contributed by atoms with van der Waals surface area (Å²) >= 11 is 0. The third-order valence-electron chi connectivity index (χ3n) is 4.49. The van der Waals surface area contributed by atoms with Gasteiger partial charge in [-0.2, -0.15) is 0 Å². The second-order valence-electron chi connectivity index (χ2n) is 6.23. The molecule has 1 aliphatic rings. The molecular formula is C20H23N3O3. The quantitative estimate of drug-likeness (QED) is 0.862. The van der Waals surface area contributed by atoms with Crippen LogP contribution in [0.3, 0.4) is 0 Å². The number of anilines is 1. The first-order chi connectivity index (χ1) is 12.6. The van der Waals surface area contributed by atoms with Gasteiger partial charge in [0.25, 0.3) is 0 Å². The Morgan fingerprint density at radius 3 is 2.69 bits per heavy atom. The molecule has 6 heteroatoms. The zero-order chi connectivity index (χ0) is 18.5. The molecule has 3 rings (SSSR count). The third-order valence-corrected chi connectivity index (χ3v) is 4.49. The van der Waals surface area contributed by atoms with Crippen LogP contribution in [-0.4, -0.2) is 30.0 Å². The van der Waals surface area contributed by atoms with E-state index in [0.717, 1.165) is 24.2 Å². The van der Waals surface area contributed by atoms with Gasteiger partial charge in [-0.05, 0) is 55.7 Å². The maximum Gasteiger partial charge on any atom is 0.322 e. The smallest absolute Gasteiger partial charge is 0.322 e. The number of benzene rings is 2. The van der Waals surface area contributed by atoms with E-state index < -0.39 is 5.91 Å². The van der Waals surface area contributed by atoms with E-state index in [1.807, 2.05) is 36.1 Å². The molecule has 26 heavy (non-hydrogen) atoms. The Morgan fingerprint density at radius 2 is 2.00 bits per heavy atom. The van der Waals surface area contributed by atoms with Gasteiger partial charge in [0.1, 0.15) is 5.75 Å². The fourth-order valence-electron chi connectivity index (χ4n) is 3.25. The molecule has 1 heterocycles. The van der Waals surface area contributed by atoms with Crippen LogP contribution in [0, 0.1) is 0 Å². The lowest BCUT2D eigenvalue weighted by Crippen LogP contribution is -2.34. The molecule has 136 valence electrons. The van der Waals surface area contributed by atoms with Crippen LogP contribution in [0.2, 0.25) is 0 Å². The van der Waals surface area contributed by atoms with Crippen LogP contribution in [0.5, 0.6) is 5.75 Å². The molecule has 0 spiro atoms. The van der Waals surface area contributed by atoms with E-state index in [-0.39, 0.29) is 12.1 Å². The third kappa shape index (κ3) is 3.96. The number of nitrogens with one attached hydrogen (secondary N) is 1. The van der Waals surface area contributed by atoms with Crippen LogP contribution in [0.25, 0.3) is 0 Å². The van der Waals surface area contributed by atoms with E-state index in [2.05, 4.69) is 5.32 Å². The van der Waals surface area contributed by atoms with Gasteiger partial charge in [-0.3, -0.25) is 4.79 Å². The van der Waals surface area contributed by atoms with Crippen molar-refractivity contribution in [1.29, 1.82) is 0 Å². The number of rotatable bonds is 5. The highest BCUT2D eigenvalue weighted by Crippen LogP contribution is 2.33. The van der Waals surface area contributed by atoms with Crippen LogP contribution in [0.1, 0.15) is 41.7 Å². The topological polar surface area (TPSA) is 84.7 Å². The average molecular weight is 353 g/mol. The number of hydrogen-bond donors (Lipinski definition) is 2. The van der Waals surface area contributed by atoms with Crippen LogP contribution in [-0.2, 0) is 0 Å². The molecule has 0 aromatic heterocycles. The zero-order valence-corrected chi connectivity index (χ0v) is 14.8. The Bertz CT molecular complexity index is 789.